The van der Waals surface area contributed by atoms with E-state index in [9.17, 15) is 14.4 Å². The zero-order chi connectivity index (χ0) is 15.0. The smallest absolute Gasteiger partial charge is 0.244 e. The molecule has 21 heavy (non-hydrogen) atoms. The second kappa shape index (κ2) is 5.20. The molecule has 3 rings (SSSR count). The number of rotatable bonds is 4. The number of nitrogens with one attached hydrogen (secondary N) is 1. The minimum atomic E-state index is -0.383. The molecule has 0 unspecified atom stereocenters. The number of hydrogen-bond acceptors (Lipinski definition) is 4. The van der Waals surface area contributed by atoms with Crippen molar-refractivity contribution in [1.82, 2.24) is 4.90 Å². The van der Waals surface area contributed by atoms with Crippen LogP contribution in [-0.2, 0) is 14.4 Å². The lowest BCUT2D eigenvalue weighted by Crippen LogP contribution is -2.37. The highest BCUT2D eigenvalue weighted by Crippen LogP contribution is 2.42. The van der Waals surface area contributed by atoms with Crippen LogP contribution >= 0.6 is 0 Å². The zero-order valence-electron chi connectivity index (χ0n) is 11.7. The molecule has 2 fully saturated rings. The first-order valence-electron chi connectivity index (χ1n) is 6.89. The molecule has 1 heterocycles. The summed E-state index contributed by atoms with van der Waals surface area (Å²) >= 11 is 0. The molecule has 6 heteroatoms. The van der Waals surface area contributed by atoms with Crippen LogP contribution in [0, 0.1) is 11.8 Å². The number of fused-ring (bicyclic) bond motifs is 1. The van der Waals surface area contributed by atoms with Crippen LogP contribution in [0.2, 0.25) is 0 Å². The van der Waals surface area contributed by atoms with Crippen LogP contribution in [-0.4, -0.2) is 36.3 Å². The molecular formula is C15H16N2O4. The minimum Gasteiger partial charge on any atom is -0.497 e. The van der Waals surface area contributed by atoms with E-state index in [2.05, 4.69) is 5.32 Å². The summed E-state index contributed by atoms with van der Waals surface area (Å²) in [6, 6.07) is 6.91. The van der Waals surface area contributed by atoms with E-state index in [0.29, 0.717) is 11.4 Å². The number of nitrogens with zero attached hydrogens (tertiary/aromatic N) is 1. The Kier molecular flexibility index (Phi) is 3.37. The monoisotopic (exact) mass is 288 g/mol. The molecule has 2 aliphatic rings. The van der Waals surface area contributed by atoms with Crippen LogP contribution in [0.5, 0.6) is 5.75 Å². The van der Waals surface area contributed by atoms with Gasteiger partial charge in [0.1, 0.15) is 12.3 Å². The second-order valence-corrected chi connectivity index (χ2v) is 5.33. The standard InChI is InChI=1S/C15H16N2O4/c1-21-10-4-2-3-9(7-10)16-13(18)8-17-14(19)11-5-6-12(11)15(17)20/h2-4,7,11-12H,5-6,8H2,1H3,(H,16,18)/t11-,12+. The molecular weight excluding hydrogens is 272 g/mol. The SMILES string of the molecule is COc1cccc(NC(=O)CN2C(=O)[C@H]3CC[C@H]3C2=O)c1. The van der Waals surface area contributed by atoms with Gasteiger partial charge in [0.25, 0.3) is 0 Å². The van der Waals surface area contributed by atoms with Crippen molar-refractivity contribution in [3.63, 3.8) is 0 Å². The summed E-state index contributed by atoms with van der Waals surface area (Å²) in [5, 5.41) is 2.67. The Morgan fingerprint density at radius 3 is 2.52 bits per heavy atom. The maximum atomic E-state index is 12.0. The highest BCUT2D eigenvalue weighted by molar-refractivity contribution is 6.09. The third-order valence-corrected chi connectivity index (χ3v) is 4.10. The van der Waals surface area contributed by atoms with Crippen LogP contribution in [0.3, 0.4) is 0 Å². The molecule has 1 aromatic rings. The predicted octanol–water partition coefficient (Wildman–Crippen LogP) is 1.03. The fraction of sp³-hybridized carbons (Fsp3) is 0.400. The number of imide groups is 1. The minimum absolute atomic E-state index is 0.192. The van der Waals surface area contributed by atoms with Crippen molar-refractivity contribution in [3.05, 3.63) is 24.3 Å². The number of ether oxygens (including phenoxy) is 1. The van der Waals surface area contributed by atoms with E-state index in [0.717, 1.165) is 17.7 Å². The number of amides is 3. The summed E-state index contributed by atoms with van der Waals surface area (Å²) in [7, 11) is 1.54. The molecule has 1 saturated carbocycles. The molecule has 0 bridgehead atoms. The molecule has 3 amide bonds. The van der Waals surface area contributed by atoms with Gasteiger partial charge in [-0.15, -0.1) is 0 Å². The van der Waals surface area contributed by atoms with Crippen molar-refractivity contribution in [2.45, 2.75) is 12.8 Å². The molecule has 1 aliphatic carbocycles. The first-order chi connectivity index (χ1) is 10.1. The van der Waals surface area contributed by atoms with E-state index in [4.69, 9.17) is 4.74 Å². The molecule has 2 atom stereocenters. The number of carbonyl (C=O) groups excluding carboxylic acids is 3. The second-order valence-electron chi connectivity index (χ2n) is 5.33. The van der Waals surface area contributed by atoms with E-state index in [1.54, 1.807) is 24.3 Å². The van der Waals surface area contributed by atoms with E-state index in [1.807, 2.05) is 0 Å². The van der Waals surface area contributed by atoms with Crippen molar-refractivity contribution in [1.29, 1.82) is 0 Å². The third-order valence-electron chi connectivity index (χ3n) is 4.10. The number of carbonyl (C=O) groups is 3. The van der Waals surface area contributed by atoms with Gasteiger partial charge in [-0.2, -0.15) is 0 Å². The molecule has 0 spiro atoms. The average Bonchev–Trinajstić information content (AvgIpc) is 2.57. The highest BCUT2D eigenvalue weighted by atomic mass is 16.5. The van der Waals surface area contributed by atoms with Crippen LogP contribution in [0.25, 0.3) is 0 Å². The Labute approximate surface area is 122 Å². The molecule has 1 N–H and O–H groups in total. The van der Waals surface area contributed by atoms with E-state index >= 15 is 0 Å². The zero-order valence-corrected chi connectivity index (χ0v) is 11.7. The van der Waals surface area contributed by atoms with Gasteiger partial charge in [-0.05, 0) is 25.0 Å². The summed E-state index contributed by atoms with van der Waals surface area (Å²) in [4.78, 5) is 37.0. The number of likely N-dealkylation sites (tertiary alicyclic amines) is 1. The maximum Gasteiger partial charge on any atom is 0.244 e. The largest absolute Gasteiger partial charge is 0.497 e. The number of anilines is 1. The van der Waals surface area contributed by atoms with Gasteiger partial charge in [0.05, 0.1) is 18.9 Å². The fourth-order valence-corrected chi connectivity index (χ4v) is 2.80. The quantitative estimate of drug-likeness (QED) is 0.840. The van der Waals surface area contributed by atoms with Crippen LogP contribution in [0.15, 0.2) is 24.3 Å². The van der Waals surface area contributed by atoms with Gasteiger partial charge in [-0.1, -0.05) is 6.07 Å². The predicted molar refractivity (Wildman–Crippen MR) is 74.6 cm³/mol. The molecule has 0 aromatic heterocycles. The normalized spacial score (nSPS) is 23.6. The average molecular weight is 288 g/mol. The fourth-order valence-electron chi connectivity index (χ4n) is 2.80. The summed E-state index contributed by atoms with van der Waals surface area (Å²) in [6.07, 6.45) is 1.51. The lowest BCUT2D eigenvalue weighted by Gasteiger charge is -2.24. The number of hydrogen-bond donors (Lipinski definition) is 1. The summed E-state index contributed by atoms with van der Waals surface area (Å²) in [5.74, 6) is -0.566. The van der Waals surface area contributed by atoms with Gasteiger partial charge in [0, 0.05) is 11.8 Å². The van der Waals surface area contributed by atoms with Crippen molar-refractivity contribution in [3.8, 4) is 5.75 Å². The Morgan fingerprint density at radius 1 is 1.29 bits per heavy atom. The van der Waals surface area contributed by atoms with Gasteiger partial charge in [0.15, 0.2) is 0 Å². The summed E-state index contributed by atoms with van der Waals surface area (Å²) in [6.45, 7) is -0.220. The molecule has 0 radical (unpaired) electrons. The third kappa shape index (κ3) is 2.37. The van der Waals surface area contributed by atoms with Gasteiger partial charge < -0.3 is 10.1 Å². The Morgan fingerprint density at radius 2 is 1.95 bits per heavy atom. The lowest BCUT2D eigenvalue weighted by atomic mass is 9.76. The van der Waals surface area contributed by atoms with Crippen molar-refractivity contribution in [2.75, 3.05) is 19.0 Å². The van der Waals surface area contributed by atoms with E-state index < -0.39 is 0 Å². The van der Waals surface area contributed by atoms with Crippen LogP contribution < -0.4 is 10.1 Å². The molecule has 6 nitrogen and oxygen atoms in total. The number of benzene rings is 1. The van der Waals surface area contributed by atoms with Crippen molar-refractivity contribution in [2.24, 2.45) is 11.8 Å². The molecule has 1 aromatic carbocycles. The lowest BCUT2D eigenvalue weighted by molar-refractivity contribution is -0.142. The van der Waals surface area contributed by atoms with E-state index in [1.165, 1.54) is 7.11 Å². The van der Waals surface area contributed by atoms with Gasteiger partial charge in [-0.3, -0.25) is 19.3 Å². The molecule has 1 aliphatic heterocycles. The Balaban J connectivity index is 1.64. The summed E-state index contributed by atoms with van der Waals surface area (Å²) in [5.41, 5.74) is 0.571. The topological polar surface area (TPSA) is 75.7 Å². The van der Waals surface area contributed by atoms with Gasteiger partial charge >= 0.3 is 0 Å². The maximum absolute atomic E-state index is 12.0. The summed E-state index contributed by atoms with van der Waals surface area (Å²) < 4.78 is 5.07. The Hall–Kier alpha value is -2.37. The van der Waals surface area contributed by atoms with Crippen LogP contribution in [0.1, 0.15) is 12.8 Å². The molecule has 110 valence electrons. The highest BCUT2D eigenvalue weighted by Gasteiger charge is 2.52. The van der Waals surface area contributed by atoms with Gasteiger partial charge in [-0.25, -0.2) is 0 Å². The van der Waals surface area contributed by atoms with Gasteiger partial charge in [0.2, 0.25) is 17.7 Å². The first kappa shape index (κ1) is 13.6. The van der Waals surface area contributed by atoms with Crippen LogP contribution in [0.4, 0.5) is 5.69 Å². The molecule has 1 saturated heterocycles. The van der Waals surface area contributed by atoms with Crippen molar-refractivity contribution < 1.29 is 19.1 Å². The van der Waals surface area contributed by atoms with Crippen molar-refractivity contribution >= 4 is 23.4 Å². The first-order valence-corrected chi connectivity index (χ1v) is 6.89. The Bertz CT molecular complexity index is 591. The number of methoxy groups -OCH3 is 1. The van der Waals surface area contributed by atoms with E-state index in [-0.39, 0.29) is 36.1 Å².